The quantitative estimate of drug-likeness (QED) is 0.897. The van der Waals surface area contributed by atoms with Gasteiger partial charge in [-0.25, -0.2) is 4.98 Å². The molecule has 1 aliphatic carbocycles. The predicted molar refractivity (Wildman–Crippen MR) is 74.6 cm³/mol. The fourth-order valence-corrected chi connectivity index (χ4v) is 3.27. The lowest BCUT2D eigenvalue weighted by atomic mass is 9.99. The van der Waals surface area contributed by atoms with Crippen LogP contribution in [0, 0.1) is 5.92 Å². The van der Waals surface area contributed by atoms with Crippen molar-refractivity contribution >= 4 is 11.0 Å². The first-order valence-electron chi connectivity index (χ1n) is 6.87. The van der Waals surface area contributed by atoms with Gasteiger partial charge in [-0.3, -0.25) is 0 Å². The van der Waals surface area contributed by atoms with E-state index in [2.05, 4.69) is 48.2 Å². The van der Waals surface area contributed by atoms with E-state index < -0.39 is 0 Å². The Hall–Kier alpha value is -1.35. The van der Waals surface area contributed by atoms with Gasteiger partial charge in [-0.15, -0.1) is 0 Å². The monoisotopic (exact) mass is 243 g/mol. The van der Waals surface area contributed by atoms with Crippen molar-refractivity contribution in [1.82, 2.24) is 14.9 Å². The molecule has 1 N–H and O–H groups in total. The van der Waals surface area contributed by atoms with Crippen LogP contribution in [0.15, 0.2) is 24.3 Å². The number of fused-ring (bicyclic) bond motifs is 1. The fourth-order valence-electron chi connectivity index (χ4n) is 3.27. The molecule has 0 bridgehead atoms. The van der Waals surface area contributed by atoms with E-state index in [1.807, 2.05) is 0 Å². The lowest BCUT2D eigenvalue weighted by Crippen LogP contribution is -2.30. The summed E-state index contributed by atoms with van der Waals surface area (Å²) in [6, 6.07) is 9.06. The molecule has 3 heteroatoms. The van der Waals surface area contributed by atoms with Crippen LogP contribution in [0.3, 0.4) is 0 Å². The molecule has 1 saturated carbocycles. The topological polar surface area (TPSA) is 29.9 Å². The van der Waals surface area contributed by atoms with Crippen molar-refractivity contribution in [2.75, 3.05) is 7.05 Å². The molecule has 18 heavy (non-hydrogen) atoms. The Morgan fingerprint density at radius 1 is 1.33 bits per heavy atom. The molecule has 0 radical (unpaired) electrons. The van der Waals surface area contributed by atoms with Gasteiger partial charge in [-0.1, -0.05) is 18.6 Å². The van der Waals surface area contributed by atoms with Crippen LogP contribution in [0.4, 0.5) is 0 Å². The molecule has 2 atom stereocenters. The highest BCUT2D eigenvalue weighted by molar-refractivity contribution is 5.75. The third-order valence-electron chi connectivity index (χ3n) is 4.35. The summed E-state index contributed by atoms with van der Waals surface area (Å²) < 4.78 is 2.25. The Bertz CT molecular complexity index is 544. The molecule has 3 rings (SSSR count). The summed E-state index contributed by atoms with van der Waals surface area (Å²) in [6.45, 7) is 0. The summed E-state index contributed by atoms with van der Waals surface area (Å²) in [7, 11) is 4.21. The van der Waals surface area contributed by atoms with Gasteiger partial charge in [0.05, 0.1) is 11.0 Å². The molecule has 1 heterocycles. The molecule has 1 aromatic heterocycles. The molecule has 1 aliphatic rings. The van der Waals surface area contributed by atoms with E-state index in [-0.39, 0.29) is 0 Å². The Morgan fingerprint density at radius 2 is 2.17 bits per heavy atom. The number of hydrogen-bond donors (Lipinski definition) is 1. The molecule has 0 amide bonds. The second-order valence-corrected chi connectivity index (χ2v) is 5.37. The highest BCUT2D eigenvalue weighted by Gasteiger charge is 2.27. The molecule has 0 aliphatic heterocycles. The van der Waals surface area contributed by atoms with Gasteiger partial charge in [-0.2, -0.15) is 0 Å². The molecular weight excluding hydrogens is 222 g/mol. The van der Waals surface area contributed by atoms with Gasteiger partial charge in [0.1, 0.15) is 5.82 Å². The standard InChI is InChI=1S/C15H21N3/c1-16-12-8-5-6-11(12)10-15-17-13-7-3-4-9-14(13)18(15)2/h3-4,7,9,11-12,16H,5-6,8,10H2,1-2H3. The van der Waals surface area contributed by atoms with Crippen molar-refractivity contribution in [2.45, 2.75) is 31.7 Å². The molecule has 0 spiro atoms. The van der Waals surface area contributed by atoms with E-state index in [4.69, 9.17) is 4.98 Å². The minimum atomic E-state index is 0.671. The number of hydrogen-bond acceptors (Lipinski definition) is 2. The zero-order valence-electron chi connectivity index (χ0n) is 11.2. The van der Waals surface area contributed by atoms with Gasteiger partial charge in [0.15, 0.2) is 0 Å². The lowest BCUT2D eigenvalue weighted by molar-refractivity contribution is 0.413. The molecule has 3 nitrogen and oxygen atoms in total. The van der Waals surface area contributed by atoms with Crippen LogP contribution in [0.2, 0.25) is 0 Å². The number of nitrogens with one attached hydrogen (secondary N) is 1. The maximum Gasteiger partial charge on any atom is 0.109 e. The van der Waals surface area contributed by atoms with Gasteiger partial charge in [0.25, 0.3) is 0 Å². The number of imidazole rings is 1. The molecule has 2 aromatic rings. The highest BCUT2D eigenvalue weighted by atomic mass is 15.1. The normalized spacial score (nSPS) is 23.9. The Morgan fingerprint density at radius 3 is 2.94 bits per heavy atom. The summed E-state index contributed by atoms with van der Waals surface area (Å²) in [4.78, 5) is 4.78. The van der Waals surface area contributed by atoms with Gasteiger partial charge >= 0.3 is 0 Å². The Balaban J connectivity index is 1.88. The van der Waals surface area contributed by atoms with Crippen LogP contribution in [0.1, 0.15) is 25.1 Å². The third kappa shape index (κ3) is 1.93. The van der Waals surface area contributed by atoms with Crippen LogP contribution < -0.4 is 5.32 Å². The summed E-state index contributed by atoms with van der Waals surface area (Å²) in [5.74, 6) is 1.97. The zero-order valence-corrected chi connectivity index (χ0v) is 11.2. The first-order chi connectivity index (χ1) is 8.79. The van der Waals surface area contributed by atoms with Gasteiger partial charge in [0.2, 0.25) is 0 Å². The van der Waals surface area contributed by atoms with E-state index >= 15 is 0 Å². The summed E-state index contributed by atoms with van der Waals surface area (Å²) in [6.07, 6.45) is 5.08. The van der Waals surface area contributed by atoms with Crippen molar-refractivity contribution in [3.8, 4) is 0 Å². The average molecular weight is 243 g/mol. The molecule has 1 fully saturated rings. The maximum absolute atomic E-state index is 4.78. The number of para-hydroxylation sites is 2. The summed E-state index contributed by atoms with van der Waals surface area (Å²) in [5, 5.41) is 3.45. The first kappa shape index (κ1) is 11.7. The van der Waals surface area contributed by atoms with Crippen LogP contribution in [0.25, 0.3) is 11.0 Å². The fraction of sp³-hybridized carbons (Fsp3) is 0.533. The van der Waals surface area contributed by atoms with Gasteiger partial charge in [0, 0.05) is 19.5 Å². The predicted octanol–water partition coefficient (Wildman–Crippen LogP) is 2.50. The third-order valence-corrected chi connectivity index (χ3v) is 4.35. The first-order valence-corrected chi connectivity index (χ1v) is 6.87. The van der Waals surface area contributed by atoms with E-state index in [9.17, 15) is 0 Å². The molecule has 96 valence electrons. The van der Waals surface area contributed by atoms with E-state index in [1.54, 1.807) is 0 Å². The van der Waals surface area contributed by atoms with Gasteiger partial charge in [-0.05, 0) is 37.9 Å². The van der Waals surface area contributed by atoms with Crippen LogP contribution >= 0.6 is 0 Å². The van der Waals surface area contributed by atoms with Crippen molar-refractivity contribution in [2.24, 2.45) is 13.0 Å². The minimum absolute atomic E-state index is 0.671. The Labute approximate surface area is 108 Å². The van der Waals surface area contributed by atoms with Crippen LogP contribution in [-0.2, 0) is 13.5 Å². The number of aryl methyl sites for hydroxylation is 1. The van der Waals surface area contributed by atoms with Gasteiger partial charge < -0.3 is 9.88 Å². The second kappa shape index (κ2) is 4.73. The van der Waals surface area contributed by atoms with E-state index in [0.717, 1.165) is 17.9 Å². The van der Waals surface area contributed by atoms with E-state index in [0.29, 0.717) is 6.04 Å². The molecule has 1 aromatic carbocycles. The Kier molecular flexibility index (Phi) is 3.08. The maximum atomic E-state index is 4.78. The molecule has 2 unspecified atom stereocenters. The van der Waals surface area contributed by atoms with Crippen molar-refractivity contribution in [1.29, 1.82) is 0 Å². The summed E-state index contributed by atoms with van der Waals surface area (Å²) >= 11 is 0. The SMILES string of the molecule is CNC1CCCC1Cc1nc2ccccc2n1C. The highest BCUT2D eigenvalue weighted by Crippen LogP contribution is 2.29. The van der Waals surface area contributed by atoms with Crippen LogP contribution in [0.5, 0.6) is 0 Å². The smallest absolute Gasteiger partial charge is 0.109 e. The number of benzene rings is 1. The van der Waals surface area contributed by atoms with E-state index in [1.165, 1.54) is 30.6 Å². The number of aromatic nitrogens is 2. The van der Waals surface area contributed by atoms with Crippen molar-refractivity contribution in [3.63, 3.8) is 0 Å². The van der Waals surface area contributed by atoms with Crippen LogP contribution in [-0.4, -0.2) is 22.6 Å². The minimum Gasteiger partial charge on any atom is -0.331 e. The number of nitrogens with zero attached hydrogens (tertiary/aromatic N) is 2. The van der Waals surface area contributed by atoms with Crippen molar-refractivity contribution in [3.05, 3.63) is 30.1 Å². The van der Waals surface area contributed by atoms with Crippen molar-refractivity contribution < 1.29 is 0 Å². The zero-order chi connectivity index (χ0) is 12.5. The lowest BCUT2D eigenvalue weighted by Gasteiger charge is -2.18. The second-order valence-electron chi connectivity index (χ2n) is 5.37. The molecular formula is C15H21N3. The molecule has 0 saturated heterocycles. The summed E-state index contributed by atoms with van der Waals surface area (Å²) in [5.41, 5.74) is 2.36. The number of rotatable bonds is 3. The largest absolute Gasteiger partial charge is 0.331 e. The average Bonchev–Trinajstić information content (AvgIpc) is 2.96.